The van der Waals surface area contributed by atoms with Crippen molar-refractivity contribution < 1.29 is 4.84 Å². The molecule has 0 saturated heterocycles. The Morgan fingerprint density at radius 2 is 1.80 bits per heavy atom. The molecule has 2 N–H and O–H groups in total. The number of rotatable bonds is 0. The summed E-state index contributed by atoms with van der Waals surface area (Å²) in [5.41, 5.74) is 10.5. The number of nitrogens with two attached hydrogens (primary N) is 1. The molecule has 0 bridgehead atoms. The third kappa shape index (κ3) is 3.07. The minimum atomic E-state index is -0.748. The number of hydroxylamine groups is 2. The van der Waals surface area contributed by atoms with Gasteiger partial charge in [0, 0.05) is 23.5 Å². The number of hydrogen-bond donors (Lipinski definition) is 1. The number of hydrogen-bond acceptors (Lipinski definition) is 4. The van der Waals surface area contributed by atoms with Crippen molar-refractivity contribution in [3.8, 4) is 0 Å². The van der Waals surface area contributed by atoms with E-state index < -0.39 is 5.72 Å². The molecule has 1 spiro atoms. The average molecular weight is 400 g/mol. The van der Waals surface area contributed by atoms with Crippen molar-refractivity contribution in [3.63, 3.8) is 0 Å². The van der Waals surface area contributed by atoms with Gasteiger partial charge in [0.05, 0.1) is 0 Å². The molecule has 130 valence electrons. The molecule has 0 aromatic heterocycles. The highest BCUT2D eigenvalue weighted by Gasteiger charge is 2.42. The molecule has 1 aliphatic heterocycles. The van der Waals surface area contributed by atoms with E-state index in [1.807, 2.05) is 7.05 Å². The molecule has 2 aromatic rings. The molecular weight excluding hydrogens is 378 g/mol. The zero-order chi connectivity index (χ0) is 17.4. The lowest BCUT2D eigenvalue weighted by Crippen LogP contribution is -2.33. The molecule has 1 unspecified atom stereocenters. The van der Waals surface area contributed by atoms with Crippen LogP contribution in [0.25, 0.3) is 0 Å². The third-order valence-corrected chi connectivity index (χ3v) is 5.64. The van der Waals surface area contributed by atoms with Crippen LogP contribution in [0.5, 0.6) is 0 Å². The van der Waals surface area contributed by atoms with E-state index in [9.17, 15) is 0 Å². The van der Waals surface area contributed by atoms with E-state index in [2.05, 4.69) is 58.4 Å². The lowest BCUT2D eigenvalue weighted by molar-refractivity contribution is -0.176. The van der Waals surface area contributed by atoms with Crippen molar-refractivity contribution in [2.45, 2.75) is 37.8 Å². The number of aliphatic imine (C=N–C) groups is 1. The van der Waals surface area contributed by atoms with Crippen molar-refractivity contribution in [3.05, 3.63) is 69.2 Å². The summed E-state index contributed by atoms with van der Waals surface area (Å²) in [4.78, 5) is 11.0. The Morgan fingerprint density at radius 3 is 2.52 bits per heavy atom. The Bertz CT molecular complexity index is 835. The molecule has 1 atom stereocenters. The van der Waals surface area contributed by atoms with Crippen LogP contribution in [0.2, 0.25) is 0 Å². The quantitative estimate of drug-likeness (QED) is 0.730. The summed E-state index contributed by atoms with van der Waals surface area (Å²) in [5.74, 6) is 0.427. The maximum absolute atomic E-state index is 6.21. The first-order valence-corrected chi connectivity index (χ1v) is 9.50. The van der Waals surface area contributed by atoms with E-state index in [4.69, 9.17) is 15.6 Å². The zero-order valence-corrected chi connectivity index (χ0v) is 15.9. The van der Waals surface area contributed by atoms with Gasteiger partial charge in [-0.15, -0.1) is 0 Å². The van der Waals surface area contributed by atoms with Gasteiger partial charge in [-0.05, 0) is 54.5 Å². The molecule has 0 fully saturated rings. The molecule has 4 rings (SSSR count). The van der Waals surface area contributed by atoms with Gasteiger partial charge in [-0.2, -0.15) is 0 Å². The van der Waals surface area contributed by atoms with Crippen molar-refractivity contribution >= 4 is 21.9 Å². The van der Waals surface area contributed by atoms with Gasteiger partial charge < -0.3 is 5.73 Å². The van der Waals surface area contributed by atoms with E-state index >= 15 is 0 Å². The topological polar surface area (TPSA) is 50.8 Å². The van der Waals surface area contributed by atoms with Crippen molar-refractivity contribution in [2.24, 2.45) is 10.7 Å². The molecular formula is C20H22BrN3O. The van der Waals surface area contributed by atoms with Crippen molar-refractivity contribution in [1.29, 1.82) is 0 Å². The Hall–Kier alpha value is -1.85. The van der Waals surface area contributed by atoms with E-state index in [-0.39, 0.29) is 0 Å². The molecule has 0 amide bonds. The summed E-state index contributed by atoms with van der Waals surface area (Å²) in [5, 5.41) is 1.59. The van der Waals surface area contributed by atoms with Crippen LogP contribution in [0.15, 0.2) is 51.9 Å². The largest absolute Gasteiger partial charge is 0.368 e. The second-order valence-corrected chi connectivity index (χ2v) is 7.68. The second kappa shape index (κ2) is 6.46. The van der Waals surface area contributed by atoms with Crippen LogP contribution in [-0.4, -0.2) is 18.1 Å². The van der Waals surface area contributed by atoms with E-state index in [1.54, 1.807) is 5.06 Å². The second-order valence-electron chi connectivity index (χ2n) is 6.77. The van der Waals surface area contributed by atoms with Gasteiger partial charge >= 0.3 is 0 Å². The number of halogens is 1. The first-order valence-electron chi connectivity index (χ1n) is 8.71. The van der Waals surface area contributed by atoms with Crippen LogP contribution < -0.4 is 5.73 Å². The fourth-order valence-corrected chi connectivity index (χ4v) is 4.20. The van der Waals surface area contributed by atoms with Crippen LogP contribution in [0.1, 0.15) is 35.1 Å². The molecule has 4 nitrogen and oxygen atoms in total. The van der Waals surface area contributed by atoms with Crippen LogP contribution in [-0.2, 0) is 29.8 Å². The fourth-order valence-electron chi connectivity index (χ4n) is 3.84. The minimum absolute atomic E-state index is 0.427. The van der Waals surface area contributed by atoms with Gasteiger partial charge in [-0.3, -0.25) is 0 Å². The first kappa shape index (κ1) is 16.6. The molecule has 0 radical (unpaired) electrons. The normalized spacial score (nSPS) is 23.1. The van der Waals surface area contributed by atoms with Crippen molar-refractivity contribution in [1.82, 2.24) is 5.06 Å². The van der Waals surface area contributed by atoms with Crippen LogP contribution in [0.3, 0.4) is 0 Å². The van der Waals surface area contributed by atoms with Gasteiger partial charge in [0.15, 0.2) is 0 Å². The first-order chi connectivity index (χ1) is 12.1. The number of benzene rings is 2. The van der Waals surface area contributed by atoms with Crippen LogP contribution >= 0.6 is 15.9 Å². The van der Waals surface area contributed by atoms with E-state index in [0.29, 0.717) is 5.96 Å². The smallest absolute Gasteiger partial charge is 0.218 e. The molecule has 2 aromatic carbocycles. The van der Waals surface area contributed by atoms with Crippen LogP contribution in [0.4, 0.5) is 0 Å². The monoisotopic (exact) mass is 399 g/mol. The van der Waals surface area contributed by atoms with Gasteiger partial charge in [0.2, 0.25) is 11.7 Å². The predicted octanol–water partition coefficient (Wildman–Crippen LogP) is 3.92. The predicted molar refractivity (Wildman–Crippen MR) is 103 cm³/mol. The number of guanidine groups is 1. The van der Waals surface area contributed by atoms with Gasteiger partial charge in [-0.1, -0.05) is 46.3 Å². The number of nitrogens with zero attached hydrogens (tertiary/aromatic N) is 2. The Kier molecular flexibility index (Phi) is 4.29. The standard InChI is InChI=1S/C20H22BrN3O/c1-24-19(22)23-20(25-24)12-11-15-6-3-2-5-14(15)7-4-8-16-9-10-17(21)13-18(16)20/h2-3,5-6,9-10,13H,4,7-8,11-12H2,1H3,(H2,22,23). The summed E-state index contributed by atoms with van der Waals surface area (Å²) in [7, 11) is 1.82. The average Bonchev–Trinajstić information content (AvgIpc) is 2.90. The third-order valence-electron chi connectivity index (χ3n) is 5.14. The van der Waals surface area contributed by atoms with Gasteiger partial charge in [-0.25, -0.2) is 14.9 Å². The number of fused-ring (bicyclic) bond motifs is 3. The summed E-state index contributed by atoms with van der Waals surface area (Å²) < 4.78 is 1.04. The highest BCUT2D eigenvalue weighted by atomic mass is 79.9. The highest BCUT2D eigenvalue weighted by Crippen LogP contribution is 2.41. The molecule has 0 saturated carbocycles. The van der Waals surface area contributed by atoms with Gasteiger partial charge in [0.25, 0.3) is 0 Å². The van der Waals surface area contributed by atoms with Crippen LogP contribution in [0, 0.1) is 0 Å². The van der Waals surface area contributed by atoms with E-state index in [0.717, 1.165) is 42.1 Å². The Balaban J connectivity index is 1.82. The lowest BCUT2D eigenvalue weighted by atomic mass is 9.86. The van der Waals surface area contributed by atoms with E-state index in [1.165, 1.54) is 16.7 Å². The molecule has 2 aliphatic rings. The molecule has 1 aliphatic carbocycles. The SMILES string of the molecule is CN1OC2(CCc3ccccc3CCCc3ccc(Br)cc32)N=C1N. The maximum atomic E-state index is 6.21. The summed E-state index contributed by atoms with van der Waals surface area (Å²) in [6.07, 6.45) is 4.88. The molecule has 25 heavy (non-hydrogen) atoms. The molecule has 1 heterocycles. The maximum Gasteiger partial charge on any atom is 0.218 e. The van der Waals surface area contributed by atoms with Crippen molar-refractivity contribution in [2.75, 3.05) is 7.05 Å². The summed E-state index contributed by atoms with van der Waals surface area (Å²) in [6, 6.07) is 15.1. The highest BCUT2D eigenvalue weighted by molar-refractivity contribution is 9.10. The Labute approximate surface area is 156 Å². The summed E-state index contributed by atoms with van der Waals surface area (Å²) >= 11 is 3.61. The fraction of sp³-hybridized carbons (Fsp3) is 0.350. The Morgan fingerprint density at radius 1 is 1.08 bits per heavy atom. The lowest BCUT2D eigenvalue weighted by Gasteiger charge is -2.30. The molecule has 5 heteroatoms. The summed E-state index contributed by atoms with van der Waals surface area (Å²) in [6.45, 7) is 0. The zero-order valence-electron chi connectivity index (χ0n) is 14.3. The number of aryl methyl sites for hydroxylation is 3. The minimum Gasteiger partial charge on any atom is -0.368 e. The van der Waals surface area contributed by atoms with Gasteiger partial charge in [0.1, 0.15) is 0 Å².